The van der Waals surface area contributed by atoms with Gasteiger partial charge in [-0.3, -0.25) is 0 Å². The maximum absolute atomic E-state index is 5.82. The van der Waals surface area contributed by atoms with Gasteiger partial charge >= 0.3 is 0 Å². The fourth-order valence-corrected chi connectivity index (χ4v) is 2.19. The fourth-order valence-electron chi connectivity index (χ4n) is 2.19. The number of aryl methyl sites for hydroxylation is 1. The number of aromatic nitrogens is 1. The van der Waals surface area contributed by atoms with Crippen LogP contribution in [0.3, 0.4) is 0 Å². The van der Waals surface area contributed by atoms with E-state index >= 15 is 0 Å². The minimum atomic E-state index is 0.529. The standard InChI is InChI=1S/C17H21NO2/c1-3-7-15-10-11-18-17(19-2)16(15)13-20-12-14-8-5-4-6-9-14/h4-6,8-11H,3,7,12-13H2,1-2H3. The van der Waals surface area contributed by atoms with Crippen molar-refractivity contribution in [3.63, 3.8) is 0 Å². The van der Waals surface area contributed by atoms with Crippen molar-refractivity contribution in [1.82, 2.24) is 4.98 Å². The molecule has 0 atom stereocenters. The van der Waals surface area contributed by atoms with Gasteiger partial charge in [-0.05, 0) is 23.6 Å². The minimum absolute atomic E-state index is 0.529. The Morgan fingerprint density at radius 3 is 2.55 bits per heavy atom. The number of hydrogen-bond acceptors (Lipinski definition) is 3. The topological polar surface area (TPSA) is 31.4 Å². The van der Waals surface area contributed by atoms with E-state index in [9.17, 15) is 0 Å². The molecular weight excluding hydrogens is 250 g/mol. The molecule has 0 amide bonds. The highest BCUT2D eigenvalue weighted by atomic mass is 16.5. The average Bonchev–Trinajstić information content (AvgIpc) is 2.50. The van der Waals surface area contributed by atoms with Crippen LogP contribution in [0.2, 0.25) is 0 Å². The van der Waals surface area contributed by atoms with Crippen molar-refractivity contribution in [3.05, 3.63) is 59.3 Å². The molecule has 1 heterocycles. The summed E-state index contributed by atoms with van der Waals surface area (Å²) in [5, 5.41) is 0. The van der Waals surface area contributed by atoms with Crippen LogP contribution in [0.1, 0.15) is 30.0 Å². The van der Waals surface area contributed by atoms with E-state index in [1.165, 1.54) is 11.1 Å². The van der Waals surface area contributed by atoms with E-state index in [4.69, 9.17) is 9.47 Å². The number of methoxy groups -OCH3 is 1. The van der Waals surface area contributed by atoms with E-state index in [1.807, 2.05) is 24.3 Å². The Balaban J connectivity index is 2.04. The average molecular weight is 271 g/mol. The molecule has 0 saturated carbocycles. The second-order valence-electron chi connectivity index (χ2n) is 4.69. The summed E-state index contributed by atoms with van der Waals surface area (Å²) < 4.78 is 11.2. The third kappa shape index (κ3) is 3.81. The third-order valence-electron chi connectivity index (χ3n) is 3.18. The lowest BCUT2D eigenvalue weighted by molar-refractivity contribution is 0.104. The molecule has 1 aromatic heterocycles. The van der Waals surface area contributed by atoms with Crippen LogP contribution in [0, 0.1) is 0 Å². The van der Waals surface area contributed by atoms with E-state index in [0.29, 0.717) is 19.1 Å². The minimum Gasteiger partial charge on any atom is -0.481 e. The molecule has 0 N–H and O–H groups in total. The van der Waals surface area contributed by atoms with Crippen LogP contribution < -0.4 is 4.74 Å². The molecule has 0 spiro atoms. The fraction of sp³-hybridized carbons (Fsp3) is 0.353. The van der Waals surface area contributed by atoms with Crippen molar-refractivity contribution >= 4 is 0 Å². The molecule has 106 valence electrons. The SMILES string of the molecule is CCCc1ccnc(OC)c1COCc1ccccc1. The molecule has 3 nitrogen and oxygen atoms in total. The van der Waals surface area contributed by atoms with Gasteiger partial charge in [-0.25, -0.2) is 4.98 Å². The maximum atomic E-state index is 5.82. The van der Waals surface area contributed by atoms with E-state index in [-0.39, 0.29) is 0 Å². The van der Waals surface area contributed by atoms with Gasteiger partial charge in [0.25, 0.3) is 0 Å². The van der Waals surface area contributed by atoms with E-state index in [1.54, 1.807) is 13.3 Å². The summed E-state index contributed by atoms with van der Waals surface area (Å²) in [6.07, 6.45) is 3.91. The molecule has 20 heavy (non-hydrogen) atoms. The largest absolute Gasteiger partial charge is 0.481 e. The normalized spacial score (nSPS) is 10.5. The Bertz CT molecular complexity index is 526. The molecule has 0 bridgehead atoms. The molecular formula is C17H21NO2. The summed E-state index contributed by atoms with van der Waals surface area (Å²) >= 11 is 0. The molecule has 0 aliphatic heterocycles. The van der Waals surface area contributed by atoms with Gasteiger partial charge in [-0.15, -0.1) is 0 Å². The predicted octanol–water partition coefficient (Wildman–Crippen LogP) is 3.76. The van der Waals surface area contributed by atoms with Crippen LogP contribution in [-0.2, 0) is 24.4 Å². The lowest BCUT2D eigenvalue weighted by atomic mass is 10.1. The summed E-state index contributed by atoms with van der Waals surface area (Å²) in [5.41, 5.74) is 3.49. The van der Waals surface area contributed by atoms with Gasteiger partial charge in [0.15, 0.2) is 0 Å². The smallest absolute Gasteiger partial charge is 0.218 e. The molecule has 2 aromatic rings. The van der Waals surface area contributed by atoms with Crippen molar-refractivity contribution < 1.29 is 9.47 Å². The monoisotopic (exact) mass is 271 g/mol. The van der Waals surface area contributed by atoms with Crippen molar-refractivity contribution in [3.8, 4) is 5.88 Å². The van der Waals surface area contributed by atoms with Gasteiger partial charge in [0.05, 0.1) is 20.3 Å². The second kappa shape index (κ2) is 7.65. The summed E-state index contributed by atoms with van der Waals surface area (Å²) in [6, 6.07) is 12.2. The van der Waals surface area contributed by atoms with Gasteiger partial charge in [0.2, 0.25) is 5.88 Å². The van der Waals surface area contributed by atoms with Crippen LogP contribution in [0.4, 0.5) is 0 Å². The highest BCUT2D eigenvalue weighted by Crippen LogP contribution is 2.22. The van der Waals surface area contributed by atoms with E-state index in [0.717, 1.165) is 18.4 Å². The molecule has 0 unspecified atom stereocenters. The number of hydrogen-bond donors (Lipinski definition) is 0. The second-order valence-corrected chi connectivity index (χ2v) is 4.69. The highest BCUT2D eigenvalue weighted by molar-refractivity contribution is 5.34. The Morgan fingerprint density at radius 2 is 1.85 bits per heavy atom. The first kappa shape index (κ1) is 14.5. The van der Waals surface area contributed by atoms with E-state index in [2.05, 4.69) is 24.0 Å². The summed E-state index contributed by atoms with van der Waals surface area (Å²) in [6.45, 7) is 3.30. The molecule has 0 aliphatic rings. The van der Waals surface area contributed by atoms with Crippen LogP contribution in [0.15, 0.2) is 42.6 Å². The Kier molecular flexibility index (Phi) is 5.56. The highest BCUT2D eigenvalue weighted by Gasteiger charge is 2.10. The van der Waals surface area contributed by atoms with Crippen molar-refractivity contribution in [2.24, 2.45) is 0 Å². The summed E-state index contributed by atoms with van der Waals surface area (Å²) in [5.74, 6) is 0.670. The van der Waals surface area contributed by atoms with Gasteiger partial charge in [0.1, 0.15) is 0 Å². The van der Waals surface area contributed by atoms with Crippen molar-refractivity contribution in [1.29, 1.82) is 0 Å². The van der Waals surface area contributed by atoms with Gasteiger partial charge in [-0.1, -0.05) is 43.7 Å². The third-order valence-corrected chi connectivity index (χ3v) is 3.18. The summed E-state index contributed by atoms with van der Waals surface area (Å²) in [7, 11) is 1.65. The zero-order valence-electron chi connectivity index (χ0n) is 12.1. The van der Waals surface area contributed by atoms with Crippen LogP contribution in [0.5, 0.6) is 5.88 Å². The van der Waals surface area contributed by atoms with Gasteiger partial charge in [-0.2, -0.15) is 0 Å². The Hall–Kier alpha value is -1.87. The van der Waals surface area contributed by atoms with Gasteiger partial charge < -0.3 is 9.47 Å². The first-order valence-corrected chi connectivity index (χ1v) is 6.97. The van der Waals surface area contributed by atoms with Crippen molar-refractivity contribution in [2.75, 3.05) is 7.11 Å². The molecule has 0 fully saturated rings. The predicted molar refractivity (Wildman–Crippen MR) is 79.7 cm³/mol. The lowest BCUT2D eigenvalue weighted by Crippen LogP contribution is -2.03. The number of benzene rings is 1. The Labute approximate surface area is 120 Å². The van der Waals surface area contributed by atoms with E-state index < -0.39 is 0 Å². The first-order chi connectivity index (χ1) is 9.85. The quantitative estimate of drug-likeness (QED) is 0.768. The van der Waals surface area contributed by atoms with Crippen molar-refractivity contribution in [2.45, 2.75) is 33.0 Å². The Morgan fingerprint density at radius 1 is 1.05 bits per heavy atom. The molecule has 0 radical (unpaired) electrons. The number of nitrogens with zero attached hydrogens (tertiary/aromatic N) is 1. The van der Waals surface area contributed by atoms with Crippen LogP contribution >= 0.6 is 0 Å². The summed E-state index contributed by atoms with van der Waals surface area (Å²) in [4.78, 5) is 4.26. The first-order valence-electron chi connectivity index (χ1n) is 6.97. The van der Waals surface area contributed by atoms with Crippen LogP contribution in [0.25, 0.3) is 0 Å². The number of pyridine rings is 1. The van der Waals surface area contributed by atoms with Crippen LogP contribution in [-0.4, -0.2) is 12.1 Å². The van der Waals surface area contributed by atoms with Gasteiger partial charge in [0, 0.05) is 11.8 Å². The lowest BCUT2D eigenvalue weighted by Gasteiger charge is -2.13. The number of rotatable bonds is 7. The zero-order chi connectivity index (χ0) is 14.2. The molecule has 0 saturated heterocycles. The maximum Gasteiger partial charge on any atom is 0.218 e. The molecule has 0 aliphatic carbocycles. The molecule has 2 rings (SSSR count). The molecule has 1 aromatic carbocycles. The zero-order valence-corrected chi connectivity index (χ0v) is 12.1. The molecule has 3 heteroatoms. The number of ether oxygens (including phenoxy) is 2.